The Labute approximate surface area is 101 Å². The van der Waals surface area contributed by atoms with Gasteiger partial charge in [0, 0.05) is 23.3 Å². The second kappa shape index (κ2) is 6.78. The molecule has 0 aliphatic heterocycles. The number of methoxy groups -OCH3 is 2. The van der Waals surface area contributed by atoms with Crippen molar-refractivity contribution in [2.75, 3.05) is 26.6 Å². The number of hydrogen-bond acceptors (Lipinski definition) is 4. The highest BCUT2D eigenvalue weighted by Crippen LogP contribution is 2.34. The molecule has 0 heterocycles. The molecule has 0 aliphatic carbocycles. The second-order valence-corrected chi connectivity index (χ2v) is 4.53. The molecule has 0 spiro atoms. The van der Waals surface area contributed by atoms with Crippen LogP contribution in [0, 0.1) is 0 Å². The first-order chi connectivity index (χ1) is 7.70. The van der Waals surface area contributed by atoms with Crippen LogP contribution in [0.1, 0.15) is 18.6 Å². The van der Waals surface area contributed by atoms with Gasteiger partial charge in [-0.2, -0.15) is 0 Å². The smallest absolute Gasteiger partial charge is 0.125 e. The lowest BCUT2D eigenvalue weighted by Crippen LogP contribution is -2.00. The molecule has 0 radical (unpaired) electrons. The lowest BCUT2D eigenvalue weighted by Gasteiger charge is -2.15. The van der Waals surface area contributed by atoms with Crippen LogP contribution in [0.3, 0.4) is 0 Å². The number of aliphatic hydroxyl groups is 1. The van der Waals surface area contributed by atoms with E-state index in [1.54, 1.807) is 32.9 Å². The van der Waals surface area contributed by atoms with E-state index in [1.165, 1.54) is 0 Å². The Morgan fingerprint density at radius 1 is 1.38 bits per heavy atom. The first kappa shape index (κ1) is 13.4. The van der Waals surface area contributed by atoms with Crippen molar-refractivity contribution < 1.29 is 14.6 Å². The normalized spacial score (nSPS) is 12.5. The predicted molar refractivity (Wildman–Crippen MR) is 66.2 cm³/mol. The summed E-state index contributed by atoms with van der Waals surface area (Å²) >= 11 is 1.66. The number of aliphatic hydroxyl groups excluding tert-OH is 1. The number of hydrogen-bond donors (Lipinski definition) is 1. The van der Waals surface area contributed by atoms with E-state index in [0.29, 0.717) is 6.61 Å². The molecule has 0 bridgehead atoms. The molecule has 0 aliphatic rings. The molecule has 16 heavy (non-hydrogen) atoms. The molecular formula is C12H18O3S. The van der Waals surface area contributed by atoms with Gasteiger partial charge in [-0.25, -0.2) is 0 Å². The van der Waals surface area contributed by atoms with Crippen LogP contribution in [0.2, 0.25) is 0 Å². The molecular weight excluding hydrogens is 224 g/mol. The molecule has 1 aromatic carbocycles. The second-order valence-electron chi connectivity index (χ2n) is 3.39. The largest absolute Gasteiger partial charge is 0.496 e. The Morgan fingerprint density at radius 2 is 2.12 bits per heavy atom. The number of rotatable bonds is 6. The molecule has 4 heteroatoms. The van der Waals surface area contributed by atoms with Gasteiger partial charge in [0.15, 0.2) is 0 Å². The first-order valence-corrected chi connectivity index (χ1v) is 6.16. The summed E-state index contributed by atoms with van der Waals surface area (Å²) in [6, 6.07) is 5.78. The van der Waals surface area contributed by atoms with Crippen molar-refractivity contribution in [1.82, 2.24) is 0 Å². The summed E-state index contributed by atoms with van der Waals surface area (Å²) in [6.07, 6.45) is -0.527. The third-order valence-electron chi connectivity index (χ3n) is 2.21. The first-order valence-electron chi connectivity index (χ1n) is 5.17. The van der Waals surface area contributed by atoms with E-state index < -0.39 is 6.10 Å². The van der Waals surface area contributed by atoms with Crippen molar-refractivity contribution in [2.24, 2.45) is 0 Å². The Balaban J connectivity index is 2.89. The van der Waals surface area contributed by atoms with Gasteiger partial charge in [-0.15, -0.1) is 11.8 Å². The van der Waals surface area contributed by atoms with Crippen LogP contribution in [-0.4, -0.2) is 31.7 Å². The lowest BCUT2D eigenvalue weighted by atomic mass is 10.1. The third-order valence-corrected chi connectivity index (χ3v) is 3.25. The van der Waals surface area contributed by atoms with E-state index in [4.69, 9.17) is 9.47 Å². The third kappa shape index (κ3) is 3.40. The highest BCUT2D eigenvalue weighted by molar-refractivity contribution is 7.99. The summed E-state index contributed by atoms with van der Waals surface area (Å²) in [4.78, 5) is 1.05. The molecule has 90 valence electrons. The fourth-order valence-electron chi connectivity index (χ4n) is 1.47. The quantitative estimate of drug-likeness (QED) is 0.614. The van der Waals surface area contributed by atoms with Crippen molar-refractivity contribution in [3.05, 3.63) is 23.8 Å². The molecule has 1 atom stereocenters. The van der Waals surface area contributed by atoms with E-state index in [0.717, 1.165) is 22.0 Å². The van der Waals surface area contributed by atoms with Crippen LogP contribution in [-0.2, 0) is 4.74 Å². The van der Waals surface area contributed by atoms with E-state index in [-0.39, 0.29) is 0 Å². The summed E-state index contributed by atoms with van der Waals surface area (Å²) < 4.78 is 10.3. The van der Waals surface area contributed by atoms with Crippen molar-refractivity contribution in [2.45, 2.75) is 17.9 Å². The van der Waals surface area contributed by atoms with Gasteiger partial charge >= 0.3 is 0 Å². The molecule has 0 fully saturated rings. The van der Waals surface area contributed by atoms with Gasteiger partial charge in [0.25, 0.3) is 0 Å². The van der Waals surface area contributed by atoms with E-state index >= 15 is 0 Å². The predicted octanol–water partition coefficient (Wildman–Crippen LogP) is 2.49. The Kier molecular flexibility index (Phi) is 5.66. The Morgan fingerprint density at radius 3 is 2.69 bits per heavy atom. The van der Waals surface area contributed by atoms with E-state index in [1.807, 2.05) is 18.2 Å². The highest BCUT2D eigenvalue weighted by atomic mass is 32.2. The van der Waals surface area contributed by atoms with Gasteiger partial charge in [-0.05, 0) is 19.1 Å². The minimum absolute atomic E-state index is 0.527. The fourth-order valence-corrected chi connectivity index (χ4v) is 2.55. The Hall–Kier alpha value is -0.710. The van der Waals surface area contributed by atoms with Crippen LogP contribution >= 0.6 is 11.8 Å². The maximum Gasteiger partial charge on any atom is 0.125 e. The average molecular weight is 242 g/mol. The van der Waals surface area contributed by atoms with Gasteiger partial charge in [0.05, 0.1) is 19.8 Å². The van der Waals surface area contributed by atoms with Crippen LogP contribution in [0.5, 0.6) is 5.75 Å². The van der Waals surface area contributed by atoms with Crippen LogP contribution in [0.25, 0.3) is 0 Å². The Bertz CT molecular complexity index is 326. The molecule has 0 saturated carbocycles. The minimum Gasteiger partial charge on any atom is -0.496 e. The maximum absolute atomic E-state index is 9.75. The van der Waals surface area contributed by atoms with E-state index in [2.05, 4.69) is 0 Å². The zero-order chi connectivity index (χ0) is 12.0. The van der Waals surface area contributed by atoms with Crippen molar-refractivity contribution >= 4 is 11.8 Å². The van der Waals surface area contributed by atoms with E-state index in [9.17, 15) is 5.11 Å². The van der Waals surface area contributed by atoms with Gasteiger partial charge in [-0.1, -0.05) is 6.07 Å². The SMILES string of the molecule is COCCSc1cccc(OC)c1C(C)O. The number of thioether (sulfide) groups is 1. The zero-order valence-electron chi connectivity index (χ0n) is 9.90. The molecule has 1 unspecified atom stereocenters. The maximum atomic E-state index is 9.75. The number of benzene rings is 1. The van der Waals surface area contributed by atoms with Gasteiger partial charge in [0.2, 0.25) is 0 Å². The molecule has 1 N–H and O–H groups in total. The standard InChI is InChI=1S/C12H18O3S/c1-9(13)12-10(15-3)5-4-6-11(12)16-8-7-14-2/h4-6,9,13H,7-8H2,1-3H3. The summed E-state index contributed by atoms with van der Waals surface area (Å²) in [5, 5.41) is 9.75. The topological polar surface area (TPSA) is 38.7 Å². The minimum atomic E-state index is -0.527. The van der Waals surface area contributed by atoms with Gasteiger partial charge < -0.3 is 14.6 Å². The molecule has 1 rings (SSSR count). The summed E-state index contributed by atoms with van der Waals surface area (Å²) in [5.74, 6) is 1.60. The lowest BCUT2D eigenvalue weighted by molar-refractivity contribution is 0.191. The average Bonchev–Trinajstić information content (AvgIpc) is 2.28. The number of ether oxygens (including phenoxy) is 2. The molecule has 3 nitrogen and oxygen atoms in total. The highest BCUT2D eigenvalue weighted by Gasteiger charge is 2.13. The molecule has 0 saturated heterocycles. The summed E-state index contributed by atoms with van der Waals surface area (Å²) in [5.41, 5.74) is 0.853. The van der Waals surface area contributed by atoms with Crippen molar-refractivity contribution in [3.63, 3.8) is 0 Å². The van der Waals surface area contributed by atoms with Crippen LogP contribution < -0.4 is 4.74 Å². The van der Waals surface area contributed by atoms with Crippen molar-refractivity contribution in [3.8, 4) is 5.75 Å². The van der Waals surface area contributed by atoms with Crippen molar-refractivity contribution in [1.29, 1.82) is 0 Å². The molecule has 0 amide bonds. The zero-order valence-corrected chi connectivity index (χ0v) is 10.7. The fraction of sp³-hybridized carbons (Fsp3) is 0.500. The summed E-state index contributed by atoms with van der Waals surface area (Å²) in [6.45, 7) is 2.44. The molecule has 1 aromatic rings. The molecule has 0 aromatic heterocycles. The van der Waals surface area contributed by atoms with Crippen LogP contribution in [0.4, 0.5) is 0 Å². The van der Waals surface area contributed by atoms with Gasteiger partial charge in [-0.3, -0.25) is 0 Å². The monoisotopic (exact) mass is 242 g/mol. The van der Waals surface area contributed by atoms with Crippen LogP contribution in [0.15, 0.2) is 23.1 Å². The van der Waals surface area contributed by atoms with Gasteiger partial charge in [0.1, 0.15) is 5.75 Å². The summed E-state index contributed by atoms with van der Waals surface area (Å²) in [7, 11) is 3.30.